The van der Waals surface area contributed by atoms with Gasteiger partial charge in [0.05, 0.1) is 0 Å². The molecule has 2 heteroatoms. The van der Waals surface area contributed by atoms with Crippen LogP contribution in [0.25, 0.3) is 0 Å². The van der Waals surface area contributed by atoms with Gasteiger partial charge in [0.25, 0.3) is 0 Å². The molecule has 0 heterocycles. The molecule has 2 aromatic carbocycles. The van der Waals surface area contributed by atoms with Crippen LogP contribution in [0, 0.1) is 18.8 Å². The molecular formula is C17H17NO. The molecule has 1 atom stereocenters. The lowest BCUT2D eigenvalue weighted by atomic mass is 9.95. The van der Waals surface area contributed by atoms with Crippen molar-refractivity contribution in [2.75, 3.05) is 5.73 Å². The molecule has 0 aliphatic rings. The first-order chi connectivity index (χ1) is 8.99. The zero-order chi connectivity index (χ0) is 13.9. The average molecular weight is 251 g/mol. The first-order valence-electron chi connectivity index (χ1n) is 6.16. The Hall–Kier alpha value is -2.24. The minimum Gasteiger partial charge on any atom is -0.398 e. The molecule has 2 rings (SSSR count). The van der Waals surface area contributed by atoms with Gasteiger partial charge in [0, 0.05) is 11.3 Å². The fraction of sp³-hybridized carbons (Fsp3) is 0.176. The Morgan fingerprint density at radius 3 is 2.32 bits per heavy atom. The lowest BCUT2D eigenvalue weighted by Gasteiger charge is -2.17. The van der Waals surface area contributed by atoms with Gasteiger partial charge in [0.1, 0.15) is 5.60 Å². The van der Waals surface area contributed by atoms with Crippen LogP contribution in [0.2, 0.25) is 0 Å². The fourth-order valence-corrected chi connectivity index (χ4v) is 1.75. The van der Waals surface area contributed by atoms with Gasteiger partial charge >= 0.3 is 0 Å². The van der Waals surface area contributed by atoms with E-state index >= 15 is 0 Å². The normalized spacial score (nSPS) is 13.2. The van der Waals surface area contributed by atoms with Gasteiger partial charge in [0.15, 0.2) is 0 Å². The van der Waals surface area contributed by atoms with Gasteiger partial charge < -0.3 is 10.8 Å². The number of rotatable bonds is 1. The smallest absolute Gasteiger partial charge is 0.148 e. The maximum absolute atomic E-state index is 10.4. The standard InChI is InChI=1S/C17H17NO/c1-13-7-9-15(10-8-13)17(2,19)12-11-14-5-3-4-6-16(14)18/h3-10,19H,18H2,1-2H3. The quantitative estimate of drug-likeness (QED) is 0.604. The van der Waals surface area contributed by atoms with Crippen LogP contribution in [-0.2, 0) is 5.60 Å². The minimum atomic E-state index is -1.18. The molecule has 1 unspecified atom stereocenters. The van der Waals surface area contributed by atoms with E-state index in [4.69, 9.17) is 5.73 Å². The third kappa shape index (κ3) is 3.15. The van der Waals surface area contributed by atoms with Crippen molar-refractivity contribution in [3.63, 3.8) is 0 Å². The van der Waals surface area contributed by atoms with E-state index in [1.165, 1.54) is 0 Å². The molecule has 0 aliphatic carbocycles. The van der Waals surface area contributed by atoms with E-state index in [9.17, 15) is 5.11 Å². The first kappa shape index (κ1) is 13.2. The van der Waals surface area contributed by atoms with Crippen LogP contribution in [0.15, 0.2) is 48.5 Å². The van der Waals surface area contributed by atoms with Crippen molar-refractivity contribution in [1.82, 2.24) is 0 Å². The summed E-state index contributed by atoms with van der Waals surface area (Å²) in [4.78, 5) is 0. The number of nitrogen functional groups attached to an aromatic ring is 1. The molecule has 0 saturated carbocycles. The van der Waals surface area contributed by atoms with Crippen molar-refractivity contribution in [3.05, 3.63) is 65.2 Å². The molecule has 3 N–H and O–H groups in total. The molecule has 2 aromatic rings. The summed E-state index contributed by atoms with van der Waals surface area (Å²) in [6.45, 7) is 3.69. The largest absolute Gasteiger partial charge is 0.398 e. The van der Waals surface area contributed by atoms with Gasteiger partial charge in [-0.3, -0.25) is 0 Å². The van der Waals surface area contributed by atoms with Gasteiger partial charge in [-0.05, 0) is 31.5 Å². The zero-order valence-electron chi connectivity index (χ0n) is 11.1. The van der Waals surface area contributed by atoms with Crippen molar-refractivity contribution >= 4 is 5.69 Å². The highest BCUT2D eigenvalue weighted by Crippen LogP contribution is 2.20. The highest BCUT2D eigenvalue weighted by atomic mass is 16.3. The molecule has 0 saturated heterocycles. The molecule has 96 valence electrons. The van der Waals surface area contributed by atoms with E-state index in [1.807, 2.05) is 49.4 Å². The Labute approximate surface area is 113 Å². The lowest BCUT2D eigenvalue weighted by molar-refractivity contribution is 0.122. The van der Waals surface area contributed by atoms with E-state index in [0.29, 0.717) is 5.69 Å². The molecule has 0 amide bonds. The van der Waals surface area contributed by atoms with Crippen LogP contribution in [0.3, 0.4) is 0 Å². The highest BCUT2D eigenvalue weighted by molar-refractivity contribution is 5.56. The van der Waals surface area contributed by atoms with E-state index < -0.39 is 5.60 Å². The Morgan fingerprint density at radius 1 is 1.05 bits per heavy atom. The number of aryl methyl sites for hydroxylation is 1. The fourth-order valence-electron chi connectivity index (χ4n) is 1.75. The lowest BCUT2D eigenvalue weighted by Crippen LogP contribution is -2.18. The van der Waals surface area contributed by atoms with E-state index in [1.54, 1.807) is 13.0 Å². The van der Waals surface area contributed by atoms with E-state index in [-0.39, 0.29) is 0 Å². The summed E-state index contributed by atoms with van der Waals surface area (Å²) in [5.41, 5.74) is 7.92. The summed E-state index contributed by atoms with van der Waals surface area (Å²) in [6, 6.07) is 15.1. The summed E-state index contributed by atoms with van der Waals surface area (Å²) in [6.07, 6.45) is 0. The third-order valence-electron chi connectivity index (χ3n) is 3.02. The predicted molar refractivity (Wildman–Crippen MR) is 78.5 cm³/mol. The number of hydrogen-bond acceptors (Lipinski definition) is 2. The Bertz CT molecular complexity index is 630. The maximum atomic E-state index is 10.4. The minimum absolute atomic E-state index is 0.620. The summed E-state index contributed by atoms with van der Waals surface area (Å²) >= 11 is 0. The van der Waals surface area contributed by atoms with Crippen LogP contribution in [-0.4, -0.2) is 5.11 Å². The van der Waals surface area contributed by atoms with Gasteiger partial charge in [-0.25, -0.2) is 0 Å². The third-order valence-corrected chi connectivity index (χ3v) is 3.02. The molecule has 0 bridgehead atoms. The number of anilines is 1. The topological polar surface area (TPSA) is 46.2 Å². The van der Waals surface area contributed by atoms with E-state index in [0.717, 1.165) is 16.7 Å². The van der Waals surface area contributed by atoms with Crippen molar-refractivity contribution < 1.29 is 5.11 Å². The van der Waals surface area contributed by atoms with Crippen molar-refractivity contribution in [2.45, 2.75) is 19.4 Å². The molecule has 19 heavy (non-hydrogen) atoms. The number of hydrogen-bond donors (Lipinski definition) is 2. The number of nitrogens with two attached hydrogens (primary N) is 1. The SMILES string of the molecule is Cc1ccc(C(C)(O)C#Cc2ccccc2N)cc1. The number of aliphatic hydroxyl groups is 1. The number of para-hydroxylation sites is 1. The first-order valence-corrected chi connectivity index (χ1v) is 6.16. The second-order valence-corrected chi connectivity index (χ2v) is 4.78. The molecule has 2 nitrogen and oxygen atoms in total. The summed E-state index contributed by atoms with van der Waals surface area (Å²) in [5.74, 6) is 5.82. The van der Waals surface area contributed by atoms with Gasteiger partial charge in [0.2, 0.25) is 0 Å². The summed E-state index contributed by atoms with van der Waals surface area (Å²) in [5, 5.41) is 10.4. The van der Waals surface area contributed by atoms with E-state index in [2.05, 4.69) is 11.8 Å². The Kier molecular flexibility index (Phi) is 3.59. The second-order valence-electron chi connectivity index (χ2n) is 4.78. The van der Waals surface area contributed by atoms with Crippen molar-refractivity contribution in [2.24, 2.45) is 0 Å². The van der Waals surface area contributed by atoms with Crippen LogP contribution >= 0.6 is 0 Å². The predicted octanol–water partition coefficient (Wildman–Crippen LogP) is 2.84. The number of benzene rings is 2. The second kappa shape index (κ2) is 5.17. The molecular weight excluding hydrogens is 234 g/mol. The summed E-state index contributed by atoms with van der Waals surface area (Å²) < 4.78 is 0. The maximum Gasteiger partial charge on any atom is 0.148 e. The highest BCUT2D eigenvalue weighted by Gasteiger charge is 2.19. The van der Waals surface area contributed by atoms with Gasteiger partial charge in [-0.1, -0.05) is 53.8 Å². The van der Waals surface area contributed by atoms with Gasteiger partial charge in [-0.15, -0.1) is 0 Å². The zero-order valence-corrected chi connectivity index (χ0v) is 11.1. The molecule has 0 aliphatic heterocycles. The van der Waals surface area contributed by atoms with Gasteiger partial charge in [-0.2, -0.15) is 0 Å². The van der Waals surface area contributed by atoms with Crippen molar-refractivity contribution in [3.8, 4) is 11.8 Å². The van der Waals surface area contributed by atoms with Crippen LogP contribution in [0.4, 0.5) is 5.69 Å². The average Bonchev–Trinajstić information content (AvgIpc) is 2.38. The molecule has 0 spiro atoms. The van der Waals surface area contributed by atoms with Crippen LogP contribution < -0.4 is 5.73 Å². The van der Waals surface area contributed by atoms with Crippen molar-refractivity contribution in [1.29, 1.82) is 0 Å². The monoisotopic (exact) mass is 251 g/mol. The molecule has 0 aromatic heterocycles. The Balaban J connectivity index is 2.32. The molecule has 0 fully saturated rings. The summed E-state index contributed by atoms with van der Waals surface area (Å²) in [7, 11) is 0. The Morgan fingerprint density at radius 2 is 1.68 bits per heavy atom. The van der Waals surface area contributed by atoms with Crippen LogP contribution in [0.5, 0.6) is 0 Å². The van der Waals surface area contributed by atoms with Crippen LogP contribution in [0.1, 0.15) is 23.6 Å². The molecule has 0 radical (unpaired) electrons.